The summed E-state index contributed by atoms with van der Waals surface area (Å²) >= 11 is 0. The van der Waals surface area contributed by atoms with Crippen molar-refractivity contribution in [3.05, 3.63) is 77.9 Å². The van der Waals surface area contributed by atoms with Crippen LogP contribution < -0.4 is 20.1 Å². The van der Waals surface area contributed by atoms with Gasteiger partial charge in [-0.15, -0.1) is 0 Å². The summed E-state index contributed by atoms with van der Waals surface area (Å²) in [6.07, 6.45) is 1.54. The molecule has 2 heterocycles. The highest BCUT2D eigenvalue weighted by Gasteiger charge is 2.13. The largest absolute Gasteiger partial charge is 0.486 e. The molecule has 0 spiro atoms. The van der Waals surface area contributed by atoms with Crippen molar-refractivity contribution in [2.45, 2.75) is 6.54 Å². The van der Waals surface area contributed by atoms with Crippen LogP contribution in [0.4, 0.5) is 15.8 Å². The minimum Gasteiger partial charge on any atom is -0.486 e. The van der Waals surface area contributed by atoms with E-state index in [1.165, 1.54) is 6.07 Å². The average molecular weight is 379 g/mol. The lowest BCUT2D eigenvalue weighted by molar-refractivity contribution is 0.0945. The number of nitrogens with one attached hydrogen (secondary N) is 2. The predicted octanol–water partition coefficient (Wildman–Crippen LogP) is 3.67. The number of ether oxygens (including phenoxy) is 2. The van der Waals surface area contributed by atoms with Crippen molar-refractivity contribution in [1.82, 2.24) is 10.3 Å². The monoisotopic (exact) mass is 379 g/mol. The summed E-state index contributed by atoms with van der Waals surface area (Å²) in [7, 11) is 0. The summed E-state index contributed by atoms with van der Waals surface area (Å²) in [5, 5.41) is 5.90. The minimum atomic E-state index is -0.380. The van der Waals surface area contributed by atoms with Crippen LogP contribution in [-0.4, -0.2) is 24.1 Å². The highest BCUT2D eigenvalue weighted by Crippen LogP contribution is 2.33. The molecule has 0 saturated carbocycles. The highest BCUT2D eigenvalue weighted by atomic mass is 19.1. The topological polar surface area (TPSA) is 72.5 Å². The lowest BCUT2D eigenvalue weighted by Gasteiger charge is -2.19. The molecule has 1 amide bonds. The summed E-state index contributed by atoms with van der Waals surface area (Å²) in [5.74, 6) is 0.645. The van der Waals surface area contributed by atoms with Crippen LogP contribution in [0.3, 0.4) is 0 Å². The smallest absolute Gasteiger partial charge is 0.270 e. The third-order valence-electron chi connectivity index (χ3n) is 4.22. The van der Waals surface area contributed by atoms with E-state index in [0.29, 0.717) is 36.0 Å². The lowest BCUT2D eigenvalue weighted by atomic mass is 10.2. The fourth-order valence-corrected chi connectivity index (χ4v) is 2.83. The molecule has 1 aliphatic heterocycles. The van der Waals surface area contributed by atoms with Gasteiger partial charge in [-0.25, -0.2) is 4.39 Å². The van der Waals surface area contributed by atoms with Gasteiger partial charge in [0.2, 0.25) is 0 Å². The third kappa shape index (κ3) is 4.03. The summed E-state index contributed by atoms with van der Waals surface area (Å²) in [6, 6.07) is 15.2. The molecule has 4 rings (SSSR count). The van der Waals surface area contributed by atoms with Crippen LogP contribution in [0.25, 0.3) is 0 Å². The van der Waals surface area contributed by atoms with E-state index in [0.717, 1.165) is 5.69 Å². The van der Waals surface area contributed by atoms with Crippen molar-refractivity contribution < 1.29 is 18.7 Å². The molecule has 0 bridgehead atoms. The fourth-order valence-electron chi connectivity index (χ4n) is 2.83. The zero-order valence-electron chi connectivity index (χ0n) is 14.9. The lowest BCUT2D eigenvalue weighted by Crippen LogP contribution is -2.24. The molecule has 1 aliphatic rings. The van der Waals surface area contributed by atoms with E-state index in [2.05, 4.69) is 15.6 Å². The number of amides is 1. The number of benzene rings is 2. The van der Waals surface area contributed by atoms with E-state index in [4.69, 9.17) is 9.47 Å². The summed E-state index contributed by atoms with van der Waals surface area (Å²) < 4.78 is 24.8. The zero-order valence-corrected chi connectivity index (χ0v) is 14.9. The second-order valence-electron chi connectivity index (χ2n) is 6.19. The van der Waals surface area contributed by atoms with Gasteiger partial charge in [-0.05, 0) is 30.3 Å². The van der Waals surface area contributed by atoms with Crippen LogP contribution in [0, 0.1) is 5.82 Å². The number of halogens is 1. The van der Waals surface area contributed by atoms with Crippen LogP contribution in [0.1, 0.15) is 16.1 Å². The fraction of sp³-hybridized carbons (Fsp3) is 0.143. The van der Waals surface area contributed by atoms with Crippen molar-refractivity contribution in [3.8, 4) is 11.5 Å². The maximum Gasteiger partial charge on any atom is 0.270 e. The van der Waals surface area contributed by atoms with Crippen molar-refractivity contribution in [1.29, 1.82) is 0 Å². The number of carbonyl (C=O) groups excluding carboxylic acids is 1. The Morgan fingerprint density at radius 2 is 1.79 bits per heavy atom. The Bertz CT molecular complexity index is 1010. The first-order valence-electron chi connectivity index (χ1n) is 8.83. The average Bonchev–Trinajstić information content (AvgIpc) is 2.73. The SMILES string of the molecule is O=C(NCc1ccccc1F)c1cc(Nc2ccc3c(c2)OCCO3)ccn1. The number of anilines is 2. The van der Waals surface area contributed by atoms with Crippen LogP contribution in [0.2, 0.25) is 0 Å². The molecule has 0 radical (unpaired) electrons. The molecule has 0 unspecified atom stereocenters. The highest BCUT2D eigenvalue weighted by molar-refractivity contribution is 5.93. The van der Waals surface area contributed by atoms with Gasteiger partial charge in [0, 0.05) is 35.7 Å². The Labute approximate surface area is 161 Å². The molecule has 142 valence electrons. The number of rotatable bonds is 5. The molecule has 7 heteroatoms. The third-order valence-corrected chi connectivity index (χ3v) is 4.22. The summed E-state index contributed by atoms with van der Waals surface area (Å²) in [6.45, 7) is 1.14. The van der Waals surface area contributed by atoms with E-state index in [-0.39, 0.29) is 24.0 Å². The van der Waals surface area contributed by atoms with Crippen molar-refractivity contribution in [2.75, 3.05) is 18.5 Å². The molecule has 0 fully saturated rings. The van der Waals surface area contributed by atoms with Gasteiger partial charge in [0.25, 0.3) is 5.91 Å². The number of aromatic nitrogens is 1. The van der Waals surface area contributed by atoms with E-state index in [1.807, 2.05) is 18.2 Å². The van der Waals surface area contributed by atoms with Gasteiger partial charge in [0.05, 0.1) is 0 Å². The normalized spacial score (nSPS) is 12.3. The van der Waals surface area contributed by atoms with Crippen LogP contribution in [0.5, 0.6) is 11.5 Å². The van der Waals surface area contributed by atoms with Gasteiger partial charge < -0.3 is 20.1 Å². The van der Waals surface area contributed by atoms with Crippen molar-refractivity contribution >= 4 is 17.3 Å². The van der Waals surface area contributed by atoms with Crippen LogP contribution >= 0.6 is 0 Å². The Balaban J connectivity index is 1.44. The molecular formula is C21H18FN3O3. The molecule has 28 heavy (non-hydrogen) atoms. The van der Waals surface area contributed by atoms with Crippen molar-refractivity contribution in [2.24, 2.45) is 0 Å². The van der Waals surface area contributed by atoms with Gasteiger partial charge in [0.1, 0.15) is 24.7 Å². The van der Waals surface area contributed by atoms with E-state index >= 15 is 0 Å². The van der Waals surface area contributed by atoms with Gasteiger partial charge in [-0.1, -0.05) is 18.2 Å². The number of carbonyl (C=O) groups is 1. The van der Waals surface area contributed by atoms with E-state index in [1.54, 1.807) is 36.5 Å². The van der Waals surface area contributed by atoms with Gasteiger partial charge in [0.15, 0.2) is 11.5 Å². The van der Waals surface area contributed by atoms with Crippen LogP contribution in [-0.2, 0) is 6.54 Å². The molecule has 6 nitrogen and oxygen atoms in total. The molecule has 3 aromatic rings. The Morgan fingerprint density at radius 3 is 2.64 bits per heavy atom. The number of nitrogens with zero attached hydrogens (tertiary/aromatic N) is 1. The first-order chi connectivity index (χ1) is 13.7. The van der Waals surface area contributed by atoms with Gasteiger partial charge in [-0.2, -0.15) is 0 Å². The van der Waals surface area contributed by atoms with Crippen molar-refractivity contribution in [3.63, 3.8) is 0 Å². The standard InChI is InChI=1S/C21H18FN3O3/c22-17-4-2-1-3-14(17)13-24-21(26)18-11-16(7-8-23-18)25-15-5-6-19-20(12-15)28-10-9-27-19/h1-8,11-12H,9-10,13H2,(H,23,25)(H,24,26). The maximum absolute atomic E-state index is 13.7. The first-order valence-corrected chi connectivity index (χ1v) is 8.83. The molecule has 2 N–H and O–H groups in total. The number of hydrogen-bond donors (Lipinski definition) is 2. The van der Waals surface area contributed by atoms with Gasteiger partial charge >= 0.3 is 0 Å². The number of pyridine rings is 1. The van der Waals surface area contributed by atoms with E-state index in [9.17, 15) is 9.18 Å². The minimum absolute atomic E-state index is 0.0903. The molecule has 0 saturated heterocycles. The van der Waals surface area contributed by atoms with E-state index < -0.39 is 0 Å². The Hall–Kier alpha value is -3.61. The quantitative estimate of drug-likeness (QED) is 0.708. The zero-order chi connectivity index (χ0) is 19.3. The predicted molar refractivity (Wildman–Crippen MR) is 103 cm³/mol. The second-order valence-corrected chi connectivity index (χ2v) is 6.19. The number of fused-ring (bicyclic) bond motifs is 1. The molecule has 0 aliphatic carbocycles. The summed E-state index contributed by atoms with van der Waals surface area (Å²) in [4.78, 5) is 16.5. The maximum atomic E-state index is 13.7. The second kappa shape index (κ2) is 7.96. The molecule has 2 aromatic carbocycles. The first kappa shape index (κ1) is 17.8. The molecule has 1 aromatic heterocycles. The number of hydrogen-bond acceptors (Lipinski definition) is 5. The van der Waals surface area contributed by atoms with Crippen LogP contribution in [0.15, 0.2) is 60.8 Å². The molecular weight excluding hydrogens is 361 g/mol. The Kier molecular flexibility index (Phi) is 5.05. The van der Waals surface area contributed by atoms with Gasteiger partial charge in [-0.3, -0.25) is 9.78 Å². The Morgan fingerprint density at radius 1 is 1.00 bits per heavy atom. The summed E-state index contributed by atoms with van der Waals surface area (Å²) in [5.41, 5.74) is 2.15. The molecule has 0 atom stereocenters.